The van der Waals surface area contributed by atoms with Crippen molar-refractivity contribution in [1.29, 1.82) is 0 Å². The maximum Gasteiger partial charge on any atom is 0.192 e. The highest BCUT2D eigenvalue weighted by Gasteiger charge is 2.48. The van der Waals surface area contributed by atoms with Crippen molar-refractivity contribution >= 4 is 31.8 Å². The predicted octanol–water partition coefficient (Wildman–Crippen LogP) is 5.89. The van der Waals surface area contributed by atoms with Crippen LogP contribution in [-0.4, -0.2) is 37.6 Å². The van der Waals surface area contributed by atoms with Crippen molar-refractivity contribution in [3.63, 3.8) is 0 Å². The summed E-state index contributed by atoms with van der Waals surface area (Å²) >= 11 is 3.98. The van der Waals surface area contributed by atoms with E-state index >= 15 is 0 Å². The van der Waals surface area contributed by atoms with E-state index in [0.29, 0.717) is 0 Å². The van der Waals surface area contributed by atoms with Crippen molar-refractivity contribution in [2.45, 2.75) is 55.5 Å². The van der Waals surface area contributed by atoms with E-state index in [9.17, 15) is 5.11 Å². The van der Waals surface area contributed by atoms with Crippen LogP contribution in [0.5, 0.6) is 0 Å². The van der Waals surface area contributed by atoms with Crippen molar-refractivity contribution in [2.24, 2.45) is 5.92 Å². The van der Waals surface area contributed by atoms with Gasteiger partial charge < -0.3 is 9.53 Å². The summed E-state index contributed by atoms with van der Waals surface area (Å²) in [6.07, 6.45) is 3.01. The first-order valence-corrected chi connectivity index (χ1v) is 14.3. The van der Waals surface area contributed by atoms with Crippen molar-refractivity contribution in [3.8, 4) is 0 Å². The second-order valence-electron chi connectivity index (χ2n) is 8.44. The Morgan fingerprint density at radius 1 is 1.23 bits per heavy atom. The number of rotatable bonds is 7. The van der Waals surface area contributed by atoms with Crippen LogP contribution in [0, 0.1) is 5.92 Å². The normalized spacial score (nSPS) is 20.4. The van der Waals surface area contributed by atoms with Crippen LogP contribution < -0.4 is 0 Å². The molecule has 0 saturated carbocycles. The van der Waals surface area contributed by atoms with Gasteiger partial charge in [0.1, 0.15) is 0 Å². The molecule has 0 amide bonds. The lowest BCUT2D eigenvalue weighted by atomic mass is 9.93. The van der Waals surface area contributed by atoms with Gasteiger partial charge in [-0.1, -0.05) is 57.2 Å². The van der Waals surface area contributed by atoms with Gasteiger partial charge in [0, 0.05) is 5.92 Å². The molecule has 1 aromatic carbocycles. The average Bonchev–Trinajstić information content (AvgIpc) is 2.62. The molecule has 1 fully saturated rings. The van der Waals surface area contributed by atoms with Gasteiger partial charge in [0.05, 0.1) is 16.8 Å². The minimum atomic E-state index is -1.99. The number of thioether (sulfide) groups is 2. The molecule has 0 aromatic heterocycles. The largest absolute Gasteiger partial charge is 0.411 e. The lowest BCUT2D eigenvalue weighted by molar-refractivity contribution is 0.0674. The lowest BCUT2D eigenvalue weighted by Crippen LogP contribution is -2.50. The molecule has 1 aliphatic heterocycles. The van der Waals surface area contributed by atoms with Crippen LogP contribution >= 0.6 is 23.5 Å². The third kappa shape index (κ3) is 4.61. The summed E-state index contributed by atoms with van der Waals surface area (Å²) in [6, 6.07) is 10.7. The van der Waals surface area contributed by atoms with E-state index in [2.05, 4.69) is 70.8 Å². The third-order valence-corrected chi connectivity index (χ3v) is 13.7. The minimum Gasteiger partial charge on any atom is -0.411 e. The molecule has 0 radical (unpaired) electrons. The van der Waals surface area contributed by atoms with Crippen LogP contribution in [0.1, 0.15) is 32.8 Å². The molecule has 1 N–H and O–H groups in total. The number of benzene rings is 1. The molecule has 2 rings (SSSR count). The van der Waals surface area contributed by atoms with Crippen LogP contribution in [0.4, 0.5) is 0 Å². The molecule has 1 saturated heterocycles. The Kier molecular flexibility index (Phi) is 7.53. The van der Waals surface area contributed by atoms with Crippen LogP contribution in [-0.2, 0) is 8.51 Å². The van der Waals surface area contributed by atoms with Gasteiger partial charge in [0.2, 0.25) is 0 Å². The van der Waals surface area contributed by atoms with Crippen LogP contribution in [0.3, 0.4) is 0 Å². The summed E-state index contributed by atoms with van der Waals surface area (Å²) in [7, 11) is -1.99. The molecule has 0 unspecified atom stereocenters. The number of hydrogen-bond donors (Lipinski definition) is 1. The van der Waals surface area contributed by atoms with Crippen LogP contribution in [0.15, 0.2) is 43.0 Å². The quantitative estimate of drug-likeness (QED) is 0.448. The van der Waals surface area contributed by atoms with Gasteiger partial charge in [0.25, 0.3) is 0 Å². The minimum absolute atomic E-state index is 0.0267. The van der Waals surface area contributed by atoms with Crippen molar-refractivity contribution in [2.75, 3.05) is 18.1 Å². The predicted molar refractivity (Wildman–Crippen MR) is 120 cm³/mol. The Morgan fingerprint density at radius 3 is 2.27 bits per heavy atom. The van der Waals surface area contributed by atoms with Crippen molar-refractivity contribution < 1.29 is 9.53 Å². The summed E-state index contributed by atoms with van der Waals surface area (Å²) in [6.45, 7) is 15.4. The van der Waals surface area contributed by atoms with Crippen LogP contribution in [0.25, 0.3) is 0 Å². The molecular weight excluding hydrogens is 376 g/mol. The molecule has 146 valence electrons. The second kappa shape index (κ2) is 8.87. The van der Waals surface area contributed by atoms with E-state index in [-0.39, 0.29) is 27.7 Å². The van der Waals surface area contributed by atoms with E-state index < -0.39 is 8.32 Å². The van der Waals surface area contributed by atoms with Gasteiger partial charge in [-0.3, -0.25) is 0 Å². The van der Waals surface area contributed by atoms with Crippen LogP contribution in [0.2, 0.25) is 18.1 Å². The monoisotopic (exact) mass is 410 g/mol. The van der Waals surface area contributed by atoms with Gasteiger partial charge in [-0.15, -0.1) is 30.1 Å². The lowest BCUT2D eigenvalue weighted by Gasteiger charge is -2.47. The summed E-state index contributed by atoms with van der Waals surface area (Å²) in [5.41, 5.74) is 1.30. The summed E-state index contributed by atoms with van der Waals surface area (Å²) in [4.78, 5) is 0. The highest BCUT2D eigenvalue weighted by molar-refractivity contribution is 8.18. The van der Waals surface area contributed by atoms with Gasteiger partial charge >= 0.3 is 0 Å². The summed E-state index contributed by atoms with van der Waals surface area (Å²) < 4.78 is 6.55. The van der Waals surface area contributed by atoms with Crippen molar-refractivity contribution in [1.82, 2.24) is 0 Å². The smallest absolute Gasteiger partial charge is 0.192 e. The Morgan fingerprint density at radius 2 is 1.81 bits per heavy atom. The zero-order chi connectivity index (χ0) is 19.4. The number of aliphatic hydroxyl groups excluding tert-OH is 1. The maximum atomic E-state index is 10.3. The Bertz CT molecular complexity index is 577. The van der Waals surface area contributed by atoms with Gasteiger partial charge in [-0.2, -0.15) is 0 Å². The summed E-state index contributed by atoms with van der Waals surface area (Å²) in [5.74, 6) is 2.31. The average molecular weight is 411 g/mol. The second-order valence-corrected chi connectivity index (χ2v) is 16.1. The molecule has 1 aromatic rings. The topological polar surface area (TPSA) is 29.5 Å². The third-order valence-electron chi connectivity index (χ3n) is 5.62. The molecule has 26 heavy (non-hydrogen) atoms. The van der Waals surface area contributed by atoms with Crippen molar-refractivity contribution in [3.05, 3.63) is 48.6 Å². The molecule has 0 spiro atoms. The SMILES string of the molecule is C=C[C@@H]([C@@H](CO)O[Si](C)(C)C(C)(C)C)C1(c2ccccc2)SCCCS1. The highest BCUT2D eigenvalue weighted by atomic mass is 32.2. The summed E-state index contributed by atoms with van der Waals surface area (Å²) in [5, 5.41) is 10.4. The number of hydrogen-bond acceptors (Lipinski definition) is 4. The molecule has 5 heteroatoms. The zero-order valence-electron chi connectivity index (χ0n) is 16.8. The van der Waals surface area contributed by atoms with E-state index in [1.165, 1.54) is 12.0 Å². The van der Waals surface area contributed by atoms with E-state index in [0.717, 1.165) is 11.5 Å². The maximum absolute atomic E-state index is 10.3. The first-order chi connectivity index (χ1) is 12.2. The Labute approximate surface area is 169 Å². The van der Waals surface area contributed by atoms with E-state index in [4.69, 9.17) is 4.43 Å². The highest BCUT2D eigenvalue weighted by Crippen LogP contribution is 2.57. The van der Waals surface area contributed by atoms with E-state index in [1.807, 2.05) is 29.6 Å². The van der Waals surface area contributed by atoms with E-state index in [1.54, 1.807) is 0 Å². The first kappa shape index (κ1) is 22.1. The molecule has 2 atom stereocenters. The first-order valence-electron chi connectivity index (χ1n) is 9.42. The Hall–Kier alpha value is -0.203. The molecule has 1 aliphatic rings. The fourth-order valence-corrected chi connectivity index (χ4v) is 8.12. The zero-order valence-corrected chi connectivity index (χ0v) is 19.5. The molecular formula is C21H34O2S2Si. The fraction of sp³-hybridized carbons (Fsp3) is 0.619. The Balaban J connectivity index is 2.42. The molecule has 2 nitrogen and oxygen atoms in total. The fourth-order valence-electron chi connectivity index (χ4n) is 3.10. The number of aliphatic hydroxyl groups is 1. The van der Waals surface area contributed by atoms with Gasteiger partial charge in [-0.25, -0.2) is 0 Å². The van der Waals surface area contributed by atoms with Gasteiger partial charge in [-0.05, 0) is 41.6 Å². The molecule has 0 bridgehead atoms. The molecule has 0 aliphatic carbocycles. The van der Waals surface area contributed by atoms with Gasteiger partial charge in [0.15, 0.2) is 8.32 Å². The standard InChI is InChI=1S/C21H34O2S2Si/c1-7-18(19(16-22)23-26(5,6)20(2,3)4)21(24-14-11-15-25-21)17-12-9-8-10-13-17/h7-10,12-13,18-19,22H,1,11,14-16H2,2-6H3/t18-,19+/m0/s1. The molecule has 1 heterocycles.